The number of halogens is 1. The van der Waals surface area contributed by atoms with Gasteiger partial charge in [-0.15, -0.1) is 0 Å². The Hall–Kier alpha value is -0.740. The minimum absolute atomic E-state index is 0.109. The van der Waals surface area contributed by atoms with Crippen molar-refractivity contribution >= 4 is 12.6 Å². The van der Waals surface area contributed by atoms with E-state index >= 15 is 0 Å². The molecule has 82 valence electrons. The zero-order valence-corrected chi connectivity index (χ0v) is 9.12. The highest BCUT2D eigenvalue weighted by atomic mass is 32.1. The van der Waals surface area contributed by atoms with Gasteiger partial charge in [-0.3, -0.25) is 0 Å². The maximum Gasteiger partial charge on any atom is 0.123 e. The molecule has 0 saturated carbocycles. The molecule has 0 spiro atoms. The molecule has 2 atom stereocenters. The van der Waals surface area contributed by atoms with Crippen molar-refractivity contribution in [2.45, 2.75) is 17.8 Å². The smallest absolute Gasteiger partial charge is 0.123 e. The van der Waals surface area contributed by atoms with Crippen LogP contribution in [0.5, 0.6) is 5.75 Å². The molecule has 1 saturated heterocycles. The molecule has 0 bridgehead atoms. The third-order valence-corrected chi connectivity index (χ3v) is 2.67. The zero-order valence-electron chi connectivity index (χ0n) is 8.23. The molecule has 1 aromatic rings. The van der Waals surface area contributed by atoms with Crippen molar-refractivity contribution in [1.82, 2.24) is 0 Å². The van der Waals surface area contributed by atoms with Crippen LogP contribution in [0.3, 0.4) is 0 Å². The van der Waals surface area contributed by atoms with Gasteiger partial charge in [0.2, 0.25) is 0 Å². The highest BCUT2D eigenvalue weighted by Crippen LogP contribution is 2.19. The summed E-state index contributed by atoms with van der Waals surface area (Å²) in [5, 5.41) is 0.312. The molecule has 15 heavy (non-hydrogen) atoms. The molecule has 0 N–H and O–H groups in total. The Morgan fingerprint density at radius 2 is 2.13 bits per heavy atom. The third-order valence-electron chi connectivity index (χ3n) is 2.31. The summed E-state index contributed by atoms with van der Waals surface area (Å²) >= 11 is 4.32. The van der Waals surface area contributed by atoms with Gasteiger partial charge in [-0.2, -0.15) is 12.6 Å². The fraction of sp³-hybridized carbons (Fsp3) is 0.455. The van der Waals surface area contributed by atoms with Gasteiger partial charge in [0.15, 0.2) is 0 Å². The summed E-state index contributed by atoms with van der Waals surface area (Å²) in [5.74, 6) is 0.414. The Labute approximate surface area is 93.8 Å². The summed E-state index contributed by atoms with van der Waals surface area (Å²) in [5.41, 5.74) is 0. The van der Waals surface area contributed by atoms with E-state index in [1.54, 1.807) is 12.1 Å². The number of rotatable bonds is 3. The largest absolute Gasteiger partial charge is 0.491 e. The molecule has 1 aliphatic heterocycles. The molecule has 1 aromatic carbocycles. The van der Waals surface area contributed by atoms with Crippen LogP contribution in [0.2, 0.25) is 0 Å². The topological polar surface area (TPSA) is 18.5 Å². The highest BCUT2D eigenvalue weighted by molar-refractivity contribution is 7.81. The lowest BCUT2D eigenvalue weighted by Gasteiger charge is -2.11. The van der Waals surface area contributed by atoms with Crippen molar-refractivity contribution in [2.75, 3.05) is 13.2 Å². The van der Waals surface area contributed by atoms with Crippen LogP contribution in [-0.2, 0) is 4.74 Å². The Morgan fingerprint density at radius 1 is 1.40 bits per heavy atom. The molecule has 1 heterocycles. The summed E-state index contributed by atoms with van der Waals surface area (Å²) in [6.45, 7) is 1.18. The molecule has 0 amide bonds. The van der Waals surface area contributed by atoms with E-state index in [9.17, 15) is 4.39 Å². The molecule has 2 rings (SSSR count). The van der Waals surface area contributed by atoms with E-state index in [4.69, 9.17) is 9.47 Å². The summed E-state index contributed by atoms with van der Waals surface area (Å²) in [6.07, 6.45) is 1.02. The Morgan fingerprint density at radius 3 is 2.73 bits per heavy atom. The first-order valence-corrected chi connectivity index (χ1v) is 5.44. The van der Waals surface area contributed by atoms with E-state index in [0.717, 1.165) is 6.42 Å². The summed E-state index contributed by atoms with van der Waals surface area (Å²) in [6, 6.07) is 5.99. The van der Waals surface area contributed by atoms with Gasteiger partial charge in [-0.05, 0) is 30.7 Å². The molecule has 1 fully saturated rings. The molecule has 4 heteroatoms. The molecule has 2 nitrogen and oxygen atoms in total. The first kappa shape index (κ1) is 10.8. The van der Waals surface area contributed by atoms with Crippen LogP contribution in [0.25, 0.3) is 0 Å². The lowest BCUT2D eigenvalue weighted by atomic mass is 10.2. The first-order valence-electron chi connectivity index (χ1n) is 4.92. The van der Waals surface area contributed by atoms with Crippen LogP contribution in [0.1, 0.15) is 6.42 Å². The average molecular weight is 228 g/mol. The van der Waals surface area contributed by atoms with Crippen LogP contribution < -0.4 is 4.74 Å². The lowest BCUT2D eigenvalue weighted by molar-refractivity contribution is 0.0681. The Kier molecular flexibility index (Phi) is 3.49. The van der Waals surface area contributed by atoms with Crippen LogP contribution in [-0.4, -0.2) is 24.6 Å². The Bertz CT molecular complexity index is 315. The standard InChI is InChI=1S/C11H13FO2S/c12-8-1-3-9(4-2-8)13-6-10-5-11(15)7-14-10/h1-4,10-11,15H,5-7H2. The number of hydrogen-bond donors (Lipinski definition) is 1. The van der Waals surface area contributed by atoms with E-state index in [1.807, 2.05) is 0 Å². The normalized spacial score (nSPS) is 25.5. The maximum atomic E-state index is 12.6. The monoisotopic (exact) mass is 228 g/mol. The molecule has 0 aromatic heterocycles. The maximum absolute atomic E-state index is 12.6. The van der Waals surface area contributed by atoms with Crippen molar-refractivity contribution in [3.63, 3.8) is 0 Å². The zero-order chi connectivity index (χ0) is 10.7. The number of ether oxygens (including phenoxy) is 2. The molecular weight excluding hydrogens is 215 g/mol. The van der Waals surface area contributed by atoms with Crippen LogP contribution in [0, 0.1) is 5.82 Å². The van der Waals surface area contributed by atoms with E-state index in [-0.39, 0.29) is 11.9 Å². The van der Waals surface area contributed by atoms with Gasteiger partial charge in [0, 0.05) is 5.25 Å². The molecule has 2 unspecified atom stereocenters. The van der Waals surface area contributed by atoms with E-state index in [0.29, 0.717) is 24.2 Å². The van der Waals surface area contributed by atoms with Gasteiger partial charge >= 0.3 is 0 Å². The predicted octanol–water partition coefficient (Wildman–Crippen LogP) is 2.29. The first-order chi connectivity index (χ1) is 7.24. The number of benzene rings is 1. The highest BCUT2D eigenvalue weighted by Gasteiger charge is 2.23. The van der Waals surface area contributed by atoms with Crippen molar-refractivity contribution in [2.24, 2.45) is 0 Å². The third kappa shape index (κ3) is 3.11. The second-order valence-corrected chi connectivity index (χ2v) is 4.34. The van der Waals surface area contributed by atoms with E-state index < -0.39 is 0 Å². The lowest BCUT2D eigenvalue weighted by Crippen LogP contribution is -2.16. The van der Waals surface area contributed by atoms with Gasteiger partial charge < -0.3 is 9.47 Å². The van der Waals surface area contributed by atoms with Gasteiger partial charge in [0.05, 0.1) is 12.7 Å². The van der Waals surface area contributed by atoms with Gasteiger partial charge in [0.25, 0.3) is 0 Å². The van der Waals surface area contributed by atoms with Crippen LogP contribution in [0.15, 0.2) is 24.3 Å². The minimum Gasteiger partial charge on any atom is -0.491 e. The fourth-order valence-electron chi connectivity index (χ4n) is 1.52. The van der Waals surface area contributed by atoms with Crippen LogP contribution >= 0.6 is 12.6 Å². The molecule has 0 radical (unpaired) electrons. The van der Waals surface area contributed by atoms with Crippen molar-refractivity contribution in [3.05, 3.63) is 30.1 Å². The average Bonchev–Trinajstić information content (AvgIpc) is 2.64. The molecular formula is C11H13FO2S. The second-order valence-electron chi connectivity index (χ2n) is 3.61. The van der Waals surface area contributed by atoms with Crippen LogP contribution in [0.4, 0.5) is 4.39 Å². The number of thiol groups is 1. The van der Waals surface area contributed by atoms with Crippen molar-refractivity contribution in [3.8, 4) is 5.75 Å². The van der Waals surface area contributed by atoms with Crippen molar-refractivity contribution < 1.29 is 13.9 Å². The van der Waals surface area contributed by atoms with Gasteiger partial charge in [0.1, 0.15) is 18.2 Å². The van der Waals surface area contributed by atoms with E-state index in [2.05, 4.69) is 12.6 Å². The molecule has 1 aliphatic rings. The minimum atomic E-state index is -0.255. The quantitative estimate of drug-likeness (QED) is 0.800. The summed E-state index contributed by atoms with van der Waals surface area (Å²) < 4.78 is 23.5. The second kappa shape index (κ2) is 4.86. The van der Waals surface area contributed by atoms with Crippen molar-refractivity contribution in [1.29, 1.82) is 0 Å². The van der Waals surface area contributed by atoms with Gasteiger partial charge in [-0.1, -0.05) is 0 Å². The fourth-order valence-corrected chi connectivity index (χ4v) is 1.84. The SMILES string of the molecule is Fc1ccc(OCC2CC(S)CO2)cc1. The Balaban J connectivity index is 1.80. The summed E-state index contributed by atoms with van der Waals surface area (Å²) in [4.78, 5) is 0. The summed E-state index contributed by atoms with van der Waals surface area (Å²) in [7, 11) is 0. The number of hydrogen-bond acceptors (Lipinski definition) is 3. The predicted molar refractivity (Wildman–Crippen MR) is 59.0 cm³/mol. The van der Waals surface area contributed by atoms with Gasteiger partial charge in [-0.25, -0.2) is 4.39 Å². The van der Waals surface area contributed by atoms with E-state index in [1.165, 1.54) is 12.1 Å². The molecule has 0 aliphatic carbocycles.